The Morgan fingerprint density at radius 3 is 2.35 bits per heavy atom. The first-order valence-corrected chi connectivity index (χ1v) is 6.87. The van der Waals surface area contributed by atoms with Crippen LogP contribution in [0.4, 0.5) is 10.1 Å². The molecule has 2 rings (SSSR count). The van der Waals surface area contributed by atoms with Crippen molar-refractivity contribution in [3.63, 3.8) is 0 Å². The molecule has 0 bridgehead atoms. The first-order valence-electron chi connectivity index (χ1n) is 6.87. The highest BCUT2D eigenvalue weighted by atomic mass is 19.1. The molecule has 0 heterocycles. The van der Waals surface area contributed by atoms with Crippen LogP contribution in [0.3, 0.4) is 0 Å². The molecule has 2 aromatic carbocycles. The molecule has 0 amide bonds. The topological polar surface area (TPSA) is 29.3 Å². The van der Waals surface area contributed by atoms with Gasteiger partial charge in [0, 0.05) is 25.3 Å². The molecule has 2 aromatic rings. The second-order valence-electron chi connectivity index (χ2n) is 5.13. The standard InChI is InChI=1S/C17H21FN2/c1-13-3-8-17(14(2)11-13)20(10-9-19)12-15-4-6-16(18)7-5-15/h3-8,11H,9-10,12,19H2,1-2H3. The highest BCUT2D eigenvalue weighted by Gasteiger charge is 2.09. The number of nitrogens with zero attached hydrogens (tertiary/aromatic N) is 1. The van der Waals surface area contributed by atoms with Gasteiger partial charge >= 0.3 is 0 Å². The maximum Gasteiger partial charge on any atom is 0.123 e. The van der Waals surface area contributed by atoms with Crippen molar-refractivity contribution in [1.82, 2.24) is 0 Å². The van der Waals surface area contributed by atoms with Crippen LogP contribution in [0.5, 0.6) is 0 Å². The van der Waals surface area contributed by atoms with Crippen LogP contribution in [0.1, 0.15) is 16.7 Å². The fourth-order valence-electron chi connectivity index (χ4n) is 2.41. The number of nitrogens with two attached hydrogens (primary N) is 1. The summed E-state index contributed by atoms with van der Waals surface area (Å²) >= 11 is 0. The minimum Gasteiger partial charge on any atom is -0.366 e. The largest absolute Gasteiger partial charge is 0.366 e. The van der Waals surface area contributed by atoms with Crippen LogP contribution < -0.4 is 10.6 Å². The van der Waals surface area contributed by atoms with E-state index in [4.69, 9.17) is 5.73 Å². The third-order valence-corrected chi connectivity index (χ3v) is 3.38. The summed E-state index contributed by atoms with van der Waals surface area (Å²) in [4.78, 5) is 2.24. The molecule has 2 N–H and O–H groups in total. The molecule has 0 fully saturated rings. The normalized spacial score (nSPS) is 10.6. The third kappa shape index (κ3) is 3.58. The lowest BCUT2D eigenvalue weighted by Gasteiger charge is -2.26. The molecule has 0 aromatic heterocycles. The van der Waals surface area contributed by atoms with Crippen molar-refractivity contribution < 1.29 is 4.39 Å². The summed E-state index contributed by atoms with van der Waals surface area (Å²) in [5.41, 5.74) is 10.5. The fraction of sp³-hybridized carbons (Fsp3) is 0.294. The summed E-state index contributed by atoms with van der Waals surface area (Å²) in [6.07, 6.45) is 0. The van der Waals surface area contributed by atoms with Gasteiger partial charge in [0.05, 0.1) is 0 Å². The minimum atomic E-state index is -0.203. The summed E-state index contributed by atoms with van der Waals surface area (Å²) in [5, 5.41) is 0. The predicted octanol–water partition coefficient (Wildman–Crippen LogP) is 3.41. The predicted molar refractivity (Wildman–Crippen MR) is 82.4 cm³/mol. The number of anilines is 1. The van der Waals surface area contributed by atoms with Crippen LogP contribution >= 0.6 is 0 Å². The molecule has 0 spiro atoms. The van der Waals surface area contributed by atoms with E-state index >= 15 is 0 Å². The van der Waals surface area contributed by atoms with Crippen LogP contribution in [0.25, 0.3) is 0 Å². The zero-order chi connectivity index (χ0) is 14.5. The molecule has 0 saturated carbocycles. The maximum absolute atomic E-state index is 13.0. The van der Waals surface area contributed by atoms with Crippen LogP contribution in [-0.4, -0.2) is 13.1 Å². The van der Waals surface area contributed by atoms with Gasteiger partial charge in [0.25, 0.3) is 0 Å². The Morgan fingerprint density at radius 1 is 1.05 bits per heavy atom. The number of rotatable bonds is 5. The van der Waals surface area contributed by atoms with Gasteiger partial charge in [-0.15, -0.1) is 0 Å². The Kier molecular flexibility index (Phi) is 4.74. The summed E-state index contributed by atoms with van der Waals surface area (Å²) in [5.74, 6) is -0.203. The second-order valence-corrected chi connectivity index (χ2v) is 5.13. The second kappa shape index (κ2) is 6.53. The lowest BCUT2D eigenvalue weighted by Crippen LogP contribution is -2.29. The van der Waals surface area contributed by atoms with Crippen molar-refractivity contribution in [3.8, 4) is 0 Å². The van der Waals surface area contributed by atoms with Gasteiger partial charge in [-0.05, 0) is 43.2 Å². The molecule has 0 aliphatic carbocycles. The lowest BCUT2D eigenvalue weighted by atomic mass is 10.1. The van der Waals surface area contributed by atoms with Crippen LogP contribution in [0.2, 0.25) is 0 Å². The van der Waals surface area contributed by atoms with E-state index in [0.29, 0.717) is 6.54 Å². The number of benzene rings is 2. The van der Waals surface area contributed by atoms with E-state index in [0.717, 1.165) is 18.7 Å². The number of hydrogen-bond donors (Lipinski definition) is 1. The molecular weight excluding hydrogens is 251 g/mol. The molecule has 106 valence electrons. The summed E-state index contributed by atoms with van der Waals surface area (Å²) in [6, 6.07) is 13.0. The van der Waals surface area contributed by atoms with E-state index in [1.165, 1.54) is 28.9 Å². The van der Waals surface area contributed by atoms with E-state index in [1.807, 2.05) is 12.1 Å². The van der Waals surface area contributed by atoms with Crippen molar-refractivity contribution in [1.29, 1.82) is 0 Å². The molecule has 3 heteroatoms. The molecular formula is C17H21FN2. The Morgan fingerprint density at radius 2 is 1.75 bits per heavy atom. The zero-order valence-corrected chi connectivity index (χ0v) is 12.1. The van der Waals surface area contributed by atoms with Gasteiger partial charge in [-0.1, -0.05) is 29.8 Å². The smallest absolute Gasteiger partial charge is 0.123 e. The average Bonchev–Trinajstić information content (AvgIpc) is 2.41. The number of halogens is 1. The lowest BCUT2D eigenvalue weighted by molar-refractivity contribution is 0.626. The van der Waals surface area contributed by atoms with Crippen molar-refractivity contribution in [2.24, 2.45) is 5.73 Å². The van der Waals surface area contributed by atoms with Gasteiger partial charge in [0.1, 0.15) is 5.82 Å². The van der Waals surface area contributed by atoms with Crippen LogP contribution in [0.15, 0.2) is 42.5 Å². The van der Waals surface area contributed by atoms with Gasteiger partial charge in [-0.3, -0.25) is 0 Å². The molecule has 0 aliphatic rings. The van der Waals surface area contributed by atoms with E-state index in [2.05, 4.69) is 36.9 Å². The maximum atomic E-state index is 13.0. The van der Waals surface area contributed by atoms with Gasteiger partial charge in [0.15, 0.2) is 0 Å². The monoisotopic (exact) mass is 272 g/mol. The SMILES string of the molecule is Cc1ccc(N(CCN)Cc2ccc(F)cc2)c(C)c1. The molecule has 0 aliphatic heterocycles. The van der Waals surface area contributed by atoms with E-state index in [-0.39, 0.29) is 5.82 Å². The molecule has 0 radical (unpaired) electrons. The van der Waals surface area contributed by atoms with Crippen LogP contribution in [-0.2, 0) is 6.54 Å². The molecule has 20 heavy (non-hydrogen) atoms. The average molecular weight is 272 g/mol. The van der Waals surface area contributed by atoms with E-state index in [9.17, 15) is 4.39 Å². The Balaban J connectivity index is 2.24. The third-order valence-electron chi connectivity index (χ3n) is 3.38. The zero-order valence-electron chi connectivity index (χ0n) is 12.1. The van der Waals surface area contributed by atoms with Gasteiger partial charge in [-0.25, -0.2) is 4.39 Å². The molecule has 0 atom stereocenters. The fourth-order valence-corrected chi connectivity index (χ4v) is 2.41. The molecule has 0 saturated heterocycles. The minimum absolute atomic E-state index is 0.203. The highest BCUT2D eigenvalue weighted by molar-refractivity contribution is 5.54. The Labute approximate surface area is 120 Å². The van der Waals surface area contributed by atoms with Crippen molar-refractivity contribution in [3.05, 3.63) is 65.0 Å². The molecule has 2 nitrogen and oxygen atoms in total. The van der Waals surface area contributed by atoms with Crippen molar-refractivity contribution in [2.45, 2.75) is 20.4 Å². The van der Waals surface area contributed by atoms with E-state index < -0.39 is 0 Å². The molecule has 0 unspecified atom stereocenters. The first kappa shape index (κ1) is 14.5. The number of hydrogen-bond acceptors (Lipinski definition) is 2. The quantitative estimate of drug-likeness (QED) is 0.903. The van der Waals surface area contributed by atoms with Gasteiger partial charge < -0.3 is 10.6 Å². The summed E-state index contributed by atoms with van der Waals surface area (Å²) in [7, 11) is 0. The summed E-state index contributed by atoms with van der Waals surface area (Å²) < 4.78 is 13.0. The van der Waals surface area contributed by atoms with Gasteiger partial charge in [0.2, 0.25) is 0 Å². The Bertz CT molecular complexity index is 564. The highest BCUT2D eigenvalue weighted by Crippen LogP contribution is 2.22. The van der Waals surface area contributed by atoms with Gasteiger partial charge in [-0.2, -0.15) is 0 Å². The number of aryl methyl sites for hydroxylation is 2. The summed E-state index contributed by atoms with van der Waals surface area (Å²) in [6.45, 7) is 6.30. The Hall–Kier alpha value is -1.87. The van der Waals surface area contributed by atoms with Crippen LogP contribution in [0, 0.1) is 19.7 Å². The van der Waals surface area contributed by atoms with Crippen molar-refractivity contribution >= 4 is 5.69 Å². The first-order chi connectivity index (χ1) is 9.60. The van der Waals surface area contributed by atoms with Crippen molar-refractivity contribution in [2.75, 3.05) is 18.0 Å². The van der Waals surface area contributed by atoms with E-state index in [1.54, 1.807) is 0 Å².